The molecule has 0 rings (SSSR count). The second kappa shape index (κ2) is 6.51. The Hall–Kier alpha value is -0.200. The van der Waals surface area contributed by atoms with Gasteiger partial charge in [0, 0.05) is 26.2 Å². The number of hydroxylamine groups is 2. The Morgan fingerprint density at radius 1 is 1.64 bits per heavy atom. The molecule has 5 heteroatoms. The number of nitrogens with one attached hydrogen (secondary N) is 1. The number of nitrogens with two attached hydrogens (primary N) is 1. The first-order chi connectivity index (χ1) is 5.22. The first-order valence-electron chi connectivity index (χ1n) is 3.76. The van der Waals surface area contributed by atoms with E-state index in [0.29, 0.717) is 26.2 Å². The molecule has 1 unspecified atom stereocenters. The topological polar surface area (TPSA) is 81.8 Å². The predicted molar refractivity (Wildman–Crippen MR) is 42.1 cm³/mol. The highest BCUT2D eigenvalue weighted by Gasteiger charge is 2.08. The first kappa shape index (κ1) is 10.8. The molecule has 0 aliphatic rings. The van der Waals surface area contributed by atoms with E-state index in [1.807, 2.05) is 0 Å². The molecule has 0 fully saturated rings. The van der Waals surface area contributed by atoms with Crippen molar-refractivity contribution in [3.63, 3.8) is 0 Å². The van der Waals surface area contributed by atoms with Gasteiger partial charge in [0.1, 0.15) is 6.23 Å². The van der Waals surface area contributed by atoms with Gasteiger partial charge in [0.05, 0.1) is 0 Å². The molecule has 5 nitrogen and oxygen atoms in total. The molecule has 11 heavy (non-hydrogen) atoms. The molecule has 0 saturated heterocycles. The minimum atomic E-state index is -0.841. The summed E-state index contributed by atoms with van der Waals surface area (Å²) in [6.45, 7) is 3.68. The quantitative estimate of drug-likeness (QED) is 0.219. The Labute approximate surface area is 66.8 Å². The van der Waals surface area contributed by atoms with Gasteiger partial charge < -0.3 is 21.4 Å². The summed E-state index contributed by atoms with van der Waals surface area (Å²) in [5.41, 5.74) is 5.20. The van der Waals surface area contributed by atoms with Crippen molar-refractivity contribution in [1.82, 2.24) is 10.4 Å². The fourth-order valence-electron chi connectivity index (χ4n) is 0.649. The number of nitrogens with zero attached hydrogens (tertiary/aromatic N) is 1. The van der Waals surface area contributed by atoms with Gasteiger partial charge in [0.15, 0.2) is 0 Å². The highest BCUT2D eigenvalue weighted by Crippen LogP contribution is 1.87. The largest absolute Gasteiger partial charge is 0.375 e. The van der Waals surface area contributed by atoms with Gasteiger partial charge in [-0.25, -0.2) is 0 Å². The predicted octanol–water partition coefficient (Wildman–Crippen LogP) is -1.44. The van der Waals surface area contributed by atoms with Crippen LogP contribution in [0.25, 0.3) is 0 Å². The van der Waals surface area contributed by atoms with Crippen molar-refractivity contribution in [2.45, 2.75) is 13.2 Å². The molecule has 68 valence electrons. The van der Waals surface area contributed by atoms with E-state index in [1.165, 1.54) is 0 Å². The third-order valence-corrected chi connectivity index (χ3v) is 1.32. The number of aliphatic hydroxyl groups is 1. The number of hydrogen-bond acceptors (Lipinski definition) is 5. The Morgan fingerprint density at radius 3 is 2.73 bits per heavy atom. The molecule has 0 radical (unpaired) electrons. The highest BCUT2D eigenvalue weighted by molar-refractivity contribution is 4.54. The lowest BCUT2D eigenvalue weighted by Crippen LogP contribution is -2.41. The van der Waals surface area contributed by atoms with Crippen LogP contribution in [0.2, 0.25) is 0 Å². The van der Waals surface area contributed by atoms with Crippen LogP contribution >= 0.6 is 0 Å². The molecule has 0 bridgehead atoms. The SMILES string of the molecule is CCN(O)C(O)CNCCN. The molecule has 0 amide bonds. The summed E-state index contributed by atoms with van der Waals surface area (Å²) >= 11 is 0. The van der Waals surface area contributed by atoms with Gasteiger partial charge in [-0.15, -0.1) is 0 Å². The standard InChI is InChI=1S/C6H17N3O2/c1-2-9(11)6(10)5-8-4-3-7/h6,8,10-11H,2-5,7H2,1H3. The molecule has 0 aliphatic carbocycles. The molecule has 1 atom stereocenters. The zero-order valence-electron chi connectivity index (χ0n) is 6.82. The molecule has 0 aromatic rings. The highest BCUT2D eigenvalue weighted by atomic mass is 16.5. The van der Waals surface area contributed by atoms with Crippen LogP contribution < -0.4 is 11.1 Å². The van der Waals surface area contributed by atoms with Gasteiger partial charge >= 0.3 is 0 Å². The Balaban J connectivity index is 3.28. The average Bonchev–Trinajstić information content (AvgIpc) is 2.03. The maximum absolute atomic E-state index is 9.12. The molecule has 0 aromatic carbocycles. The van der Waals surface area contributed by atoms with Crippen molar-refractivity contribution in [3.8, 4) is 0 Å². The third kappa shape index (κ3) is 5.11. The lowest BCUT2D eigenvalue weighted by Gasteiger charge is -2.19. The molecule has 0 aromatic heterocycles. The van der Waals surface area contributed by atoms with Crippen LogP contribution in [0.3, 0.4) is 0 Å². The molecular formula is C6H17N3O2. The zero-order valence-corrected chi connectivity index (χ0v) is 6.82. The van der Waals surface area contributed by atoms with Gasteiger partial charge in [0.25, 0.3) is 0 Å². The van der Waals surface area contributed by atoms with E-state index in [9.17, 15) is 0 Å². The van der Waals surface area contributed by atoms with Gasteiger partial charge in [-0.1, -0.05) is 0 Å². The van der Waals surface area contributed by atoms with Gasteiger partial charge in [-0.05, 0) is 6.92 Å². The van der Waals surface area contributed by atoms with Crippen LogP contribution in [-0.4, -0.2) is 47.8 Å². The van der Waals surface area contributed by atoms with E-state index < -0.39 is 6.23 Å². The first-order valence-corrected chi connectivity index (χ1v) is 3.76. The van der Waals surface area contributed by atoms with Crippen LogP contribution in [0.1, 0.15) is 6.92 Å². The van der Waals surface area contributed by atoms with Gasteiger partial charge in [-0.2, -0.15) is 5.06 Å². The second-order valence-electron chi connectivity index (χ2n) is 2.23. The second-order valence-corrected chi connectivity index (χ2v) is 2.23. The fourth-order valence-corrected chi connectivity index (χ4v) is 0.649. The van der Waals surface area contributed by atoms with E-state index >= 15 is 0 Å². The summed E-state index contributed by atoms with van der Waals surface area (Å²) in [6.07, 6.45) is -0.841. The van der Waals surface area contributed by atoms with E-state index in [-0.39, 0.29) is 0 Å². The van der Waals surface area contributed by atoms with Crippen LogP contribution in [0.4, 0.5) is 0 Å². The lowest BCUT2D eigenvalue weighted by molar-refractivity contribution is -0.190. The number of rotatable bonds is 6. The summed E-state index contributed by atoms with van der Waals surface area (Å²) in [4.78, 5) is 0. The number of aliphatic hydroxyl groups excluding tert-OH is 1. The van der Waals surface area contributed by atoms with E-state index in [2.05, 4.69) is 5.32 Å². The van der Waals surface area contributed by atoms with E-state index in [4.69, 9.17) is 16.0 Å². The van der Waals surface area contributed by atoms with E-state index in [0.717, 1.165) is 5.06 Å². The third-order valence-electron chi connectivity index (χ3n) is 1.32. The summed E-state index contributed by atoms with van der Waals surface area (Å²) < 4.78 is 0. The van der Waals surface area contributed by atoms with Crippen molar-refractivity contribution in [1.29, 1.82) is 0 Å². The summed E-state index contributed by atoms with van der Waals surface area (Å²) in [5, 5.41) is 21.8. The summed E-state index contributed by atoms with van der Waals surface area (Å²) in [6, 6.07) is 0. The van der Waals surface area contributed by atoms with Crippen LogP contribution in [0.15, 0.2) is 0 Å². The Bertz CT molecular complexity index is 91.9. The molecule has 0 spiro atoms. The van der Waals surface area contributed by atoms with Gasteiger partial charge in [0.2, 0.25) is 0 Å². The number of hydrogen-bond donors (Lipinski definition) is 4. The average molecular weight is 163 g/mol. The molecule has 0 heterocycles. The molecule has 0 aliphatic heterocycles. The molecule has 0 saturated carbocycles. The molecule has 5 N–H and O–H groups in total. The maximum atomic E-state index is 9.12. The minimum Gasteiger partial charge on any atom is -0.375 e. The Kier molecular flexibility index (Phi) is 6.39. The van der Waals surface area contributed by atoms with Crippen LogP contribution in [0.5, 0.6) is 0 Å². The van der Waals surface area contributed by atoms with Crippen molar-refractivity contribution < 1.29 is 10.3 Å². The Morgan fingerprint density at radius 2 is 2.27 bits per heavy atom. The van der Waals surface area contributed by atoms with Gasteiger partial charge in [-0.3, -0.25) is 0 Å². The molecular weight excluding hydrogens is 146 g/mol. The van der Waals surface area contributed by atoms with Crippen molar-refractivity contribution in [2.24, 2.45) is 5.73 Å². The number of likely N-dealkylation sites (N-methyl/N-ethyl adjacent to an activating group) is 1. The smallest absolute Gasteiger partial charge is 0.141 e. The van der Waals surface area contributed by atoms with Crippen molar-refractivity contribution in [2.75, 3.05) is 26.2 Å². The lowest BCUT2D eigenvalue weighted by atomic mass is 10.5. The maximum Gasteiger partial charge on any atom is 0.141 e. The van der Waals surface area contributed by atoms with Crippen molar-refractivity contribution >= 4 is 0 Å². The summed E-state index contributed by atoms with van der Waals surface area (Å²) in [5.74, 6) is 0. The monoisotopic (exact) mass is 163 g/mol. The normalized spacial score (nSPS) is 13.9. The summed E-state index contributed by atoms with van der Waals surface area (Å²) in [7, 11) is 0. The zero-order chi connectivity index (χ0) is 8.69. The van der Waals surface area contributed by atoms with E-state index in [1.54, 1.807) is 6.92 Å². The fraction of sp³-hybridized carbons (Fsp3) is 1.00. The van der Waals surface area contributed by atoms with Crippen molar-refractivity contribution in [3.05, 3.63) is 0 Å². The van der Waals surface area contributed by atoms with Crippen LogP contribution in [-0.2, 0) is 0 Å². The minimum absolute atomic E-state index is 0.335. The van der Waals surface area contributed by atoms with Crippen LogP contribution in [0, 0.1) is 0 Å².